The zero-order valence-electron chi connectivity index (χ0n) is 11.0. The molecule has 0 saturated heterocycles. The van der Waals surface area contributed by atoms with E-state index in [9.17, 15) is 0 Å². The minimum absolute atomic E-state index is 0.767. The van der Waals surface area contributed by atoms with Crippen molar-refractivity contribution in [2.24, 2.45) is 5.92 Å². The van der Waals surface area contributed by atoms with Gasteiger partial charge in [-0.15, -0.1) is 0 Å². The molecule has 0 fully saturated rings. The first kappa shape index (κ1) is 13.3. The van der Waals surface area contributed by atoms with E-state index in [2.05, 4.69) is 38.7 Å². The van der Waals surface area contributed by atoms with E-state index in [-0.39, 0.29) is 0 Å². The lowest BCUT2D eigenvalue weighted by Crippen LogP contribution is -2.04. The number of allylic oxidation sites excluding steroid dienone is 5. The molecule has 0 aliphatic heterocycles. The Kier molecular flexibility index (Phi) is 6.22. The van der Waals surface area contributed by atoms with E-state index in [4.69, 9.17) is 0 Å². The molecule has 2 rings (SSSR count). The highest BCUT2D eigenvalue weighted by atomic mass is 14.2. The molecule has 1 atom stereocenters. The monoisotopic (exact) mass is 218 g/mol. The molecule has 0 aromatic carbocycles. The lowest BCUT2D eigenvalue weighted by molar-refractivity contribution is 0.540. The highest BCUT2D eigenvalue weighted by Crippen LogP contribution is 2.27. The fraction of sp³-hybridized carbons (Fsp3) is 0.625. The third-order valence-electron chi connectivity index (χ3n) is 3.49. The Morgan fingerprint density at radius 3 is 2.19 bits per heavy atom. The molecule has 0 spiro atoms. The zero-order chi connectivity index (χ0) is 11.8. The van der Waals surface area contributed by atoms with Gasteiger partial charge in [0.2, 0.25) is 0 Å². The molecule has 0 aromatic heterocycles. The molecule has 0 bridgehead atoms. The van der Waals surface area contributed by atoms with Gasteiger partial charge in [0.15, 0.2) is 0 Å². The second-order valence-electron chi connectivity index (χ2n) is 5.12. The summed E-state index contributed by atoms with van der Waals surface area (Å²) in [5.41, 5.74) is 2.90. The molecule has 16 heavy (non-hydrogen) atoms. The van der Waals surface area contributed by atoms with E-state index in [1.807, 2.05) is 0 Å². The van der Waals surface area contributed by atoms with E-state index < -0.39 is 0 Å². The van der Waals surface area contributed by atoms with Gasteiger partial charge in [-0.1, -0.05) is 36.0 Å². The first-order valence-electron chi connectivity index (χ1n) is 6.66. The van der Waals surface area contributed by atoms with Crippen molar-refractivity contribution in [1.29, 1.82) is 0 Å². The van der Waals surface area contributed by atoms with E-state index in [1.165, 1.54) is 50.5 Å². The highest BCUT2D eigenvalue weighted by Gasteiger charge is 2.11. The van der Waals surface area contributed by atoms with Crippen LogP contribution in [0.1, 0.15) is 58.8 Å². The Balaban J connectivity index is 0.000000181. The maximum atomic E-state index is 3.97. The van der Waals surface area contributed by atoms with Crippen molar-refractivity contribution in [3.63, 3.8) is 0 Å². The van der Waals surface area contributed by atoms with Gasteiger partial charge in [0.25, 0.3) is 0 Å². The smallest absolute Gasteiger partial charge is 0.0171 e. The lowest BCUT2D eigenvalue weighted by Gasteiger charge is -2.19. The van der Waals surface area contributed by atoms with Crippen LogP contribution in [0.25, 0.3) is 0 Å². The van der Waals surface area contributed by atoms with Crippen molar-refractivity contribution in [3.8, 4) is 0 Å². The molecule has 2 aliphatic carbocycles. The van der Waals surface area contributed by atoms with Gasteiger partial charge in [0, 0.05) is 0 Å². The molecule has 0 radical (unpaired) electrons. The lowest BCUT2D eigenvalue weighted by atomic mass is 9.86. The number of hydrogen-bond acceptors (Lipinski definition) is 0. The van der Waals surface area contributed by atoms with Crippen LogP contribution in [0.2, 0.25) is 0 Å². The summed E-state index contributed by atoms with van der Waals surface area (Å²) in [5, 5.41) is 0. The summed E-state index contributed by atoms with van der Waals surface area (Å²) in [6.45, 7) is 8.33. The van der Waals surface area contributed by atoms with Crippen molar-refractivity contribution in [2.45, 2.75) is 58.8 Å². The minimum atomic E-state index is 0.767. The van der Waals surface area contributed by atoms with Crippen LogP contribution in [-0.4, -0.2) is 0 Å². The zero-order valence-corrected chi connectivity index (χ0v) is 11.0. The van der Waals surface area contributed by atoms with Crippen molar-refractivity contribution in [1.82, 2.24) is 0 Å². The molecule has 0 amide bonds. The quantitative estimate of drug-likeness (QED) is 0.515. The maximum absolute atomic E-state index is 3.97. The Morgan fingerprint density at radius 1 is 1.25 bits per heavy atom. The van der Waals surface area contributed by atoms with Crippen molar-refractivity contribution in [2.75, 3.05) is 0 Å². The van der Waals surface area contributed by atoms with Gasteiger partial charge in [-0.05, 0) is 64.7 Å². The van der Waals surface area contributed by atoms with Crippen LogP contribution in [0.3, 0.4) is 0 Å². The van der Waals surface area contributed by atoms with Gasteiger partial charge < -0.3 is 0 Å². The Bertz CT molecular complexity index is 260. The van der Waals surface area contributed by atoms with Crippen LogP contribution in [-0.2, 0) is 0 Å². The summed E-state index contributed by atoms with van der Waals surface area (Å²) >= 11 is 0. The van der Waals surface area contributed by atoms with Crippen LogP contribution in [0.4, 0.5) is 0 Å². The molecule has 0 saturated carbocycles. The Labute approximate surface area is 101 Å². The SMILES string of the molecule is C1=CCCCC1.C=C(C)C1CC=C(C)CC1. The minimum Gasteiger partial charge on any atom is -0.0998 e. The molecule has 2 aliphatic rings. The summed E-state index contributed by atoms with van der Waals surface area (Å²) < 4.78 is 0. The second kappa shape index (κ2) is 7.49. The van der Waals surface area contributed by atoms with E-state index >= 15 is 0 Å². The van der Waals surface area contributed by atoms with Gasteiger partial charge >= 0.3 is 0 Å². The van der Waals surface area contributed by atoms with Gasteiger partial charge in [-0.2, -0.15) is 0 Å². The van der Waals surface area contributed by atoms with Crippen LogP contribution in [0.15, 0.2) is 36.0 Å². The molecule has 1 unspecified atom stereocenters. The van der Waals surface area contributed by atoms with Crippen LogP contribution < -0.4 is 0 Å². The highest BCUT2D eigenvalue weighted by molar-refractivity contribution is 5.09. The van der Waals surface area contributed by atoms with E-state index in [1.54, 1.807) is 5.57 Å². The van der Waals surface area contributed by atoms with Crippen molar-refractivity contribution in [3.05, 3.63) is 36.0 Å². The molecule has 90 valence electrons. The fourth-order valence-electron chi connectivity index (χ4n) is 2.17. The third kappa shape index (κ3) is 5.34. The molecular formula is C16H26. The summed E-state index contributed by atoms with van der Waals surface area (Å²) in [6, 6.07) is 0. The van der Waals surface area contributed by atoms with Crippen LogP contribution in [0.5, 0.6) is 0 Å². The van der Waals surface area contributed by atoms with Gasteiger partial charge in [0.05, 0.1) is 0 Å². The van der Waals surface area contributed by atoms with Crippen molar-refractivity contribution < 1.29 is 0 Å². The summed E-state index contributed by atoms with van der Waals surface area (Å²) in [7, 11) is 0. The average molecular weight is 218 g/mol. The Hall–Kier alpha value is -0.780. The maximum Gasteiger partial charge on any atom is -0.0171 e. The third-order valence-corrected chi connectivity index (χ3v) is 3.49. The molecular weight excluding hydrogens is 192 g/mol. The van der Waals surface area contributed by atoms with Gasteiger partial charge in [-0.25, -0.2) is 0 Å². The topological polar surface area (TPSA) is 0 Å². The van der Waals surface area contributed by atoms with Gasteiger partial charge in [0.1, 0.15) is 0 Å². The molecule has 0 heteroatoms. The number of rotatable bonds is 1. The predicted octanol–water partition coefficient (Wildman–Crippen LogP) is 5.43. The number of hydrogen-bond donors (Lipinski definition) is 0. The summed E-state index contributed by atoms with van der Waals surface area (Å²) in [5.74, 6) is 0.767. The average Bonchev–Trinajstić information content (AvgIpc) is 2.32. The molecule has 0 aromatic rings. The molecule has 0 N–H and O–H groups in total. The normalized spacial score (nSPS) is 24.1. The molecule has 0 heterocycles. The van der Waals surface area contributed by atoms with E-state index in [0.29, 0.717) is 0 Å². The predicted molar refractivity (Wildman–Crippen MR) is 73.5 cm³/mol. The Morgan fingerprint density at radius 2 is 1.88 bits per heavy atom. The standard InChI is InChI=1S/C10H16.C6H10/c1-8(2)10-6-4-9(3)5-7-10;1-2-4-6-5-3-1/h4,10H,1,5-7H2,2-3H3;1-2H,3-6H2. The second-order valence-corrected chi connectivity index (χ2v) is 5.12. The first-order valence-corrected chi connectivity index (χ1v) is 6.66. The largest absolute Gasteiger partial charge is 0.0998 e. The molecule has 0 nitrogen and oxygen atoms in total. The van der Waals surface area contributed by atoms with Crippen LogP contribution in [0, 0.1) is 5.92 Å². The summed E-state index contributed by atoms with van der Waals surface area (Å²) in [4.78, 5) is 0. The van der Waals surface area contributed by atoms with Gasteiger partial charge in [-0.3, -0.25) is 0 Å². The van der Waals surface area contributed by atoms with Crippen molar-refractivity contribution >= 4 is 0 Å². The fourth-order valence-corrected chi connectivity index (χ4v) is 2.17. The first-order chi connectivity index (χ1) is 7.70. The van der Waals surface area contributed by atoms with Crippen LogP contribution >= 0.6 is 0 Å². The van der Waals surface area contributed by atoms with E-state index in [0.717, 1.165) is 5.92 Å². The summed E-state index contributed by atoms with van der Waals surface area (Å²) in [6.07, 6.45) is 16.2.